The van der Waals surface area contributed by atoms with Crippen molar-refractivity contribution in [1.82, 2.24) is 5.32 Å². The van der Waals surface area contributed by atoms with Crippen molar-refractivity contribution in [3.8, 4) is 11.5 Å². The molecular formula is C22H21FN2O5S. The van der Waals surface area contributed by atoms with Crippen LogP contribution in [0.25, 0.3) is 0 Å². The lowest BCUT2D eigenvalue weighted by atomic mass is 10.1. The number of amides is 1. The number of sulfonamides is 1. The molecule has 0 aliphatic heterocycles. The number of anilines is 1. The van der Waals surface area contributed by atoms with Gasteiger partial charge in [0.2, 0.25) is 0 Å². The number of hydrogen-bond donors (Lipinski definition) is 2. The second-order valence-electron chi connectivity index (χ2n) is 6.50. The summed E-state index contributed by atoms with van der Waals surface area (Å²) in [6, 6.07) is 15.8. The third-order valence-corrected chi connectivity index (χ3v) is 5.82. The van der Waals surface area contributed by atoms with Crippen LogP contribution >= 0.6 is 0 Å². The van der Waals surface area contributed by atoms with Crippen LogP contribution in [-0.2, 0) is 16.6 Å². The number of carbonyl (C=O) groups excluding carboxylic acids is 1. The predicted molar refractivity (Wildman–Crippen MR) is 114 cm³/mol. The lowest BCUT2D eigenvalue weighted by Crippen LogP contribution is -2.23. The molecule has 31 heavy (non-hydrogen) atoms. The van der Waals surface area contributed by atoms with Crippen LogP contribution in [0.4, 0.5) is 10.1 Å². The molecule has 0 aliphatic rings. The molecule has 3 aromatic rings. The third kappa shape index (κ3) is 5.52. The topological polar surface area (TPSA) is 93.7 Å². The molecule has 0 saturated heterocycles. The standard InChI is InChI=1S/C22H21FN2O5S/c1-29-19-11-6-16(21(13-19)30-2)14-24-22(26)15-4-3-5-20(12-15)31(27,28)25-18-9-7-17(23)8-10-18/h3-13,25H,14H2,1-2H3,(H,24,26). The van der Waals surface area contributed by atoms with Gasteiger partial charge in [-0.25, -0.2) is 12.8 Å². The highest BCUT2D eigenvalue weighted by Gasteiger charge is 2.17. The molecule has 1 amide bonds. The van der Waals surface area contributed by atoms with Gasteiger partial charge in [0.15, 0.2) is 0 Å². The summed E-state index contributed by atoms with van der Waals surface area (Å²) in [5.74, 6) is 0.254. The highest BCUT2D eigenvalue weighted by molar-refractivity contribution is 7.92. The van der Waals surface area contributed by atoms with Crippen molar-refractivity contribution in [1.29, 1.82) is 0 Å². The summed E-state index contributed by atoms with van der Waals surface area (Å²) in [6.07, 6.45) is 0. The maximum absolute atomic E-state index is 13.0. The quantitative estimate of drug-likeness (QED) is 0.554. The molecule has 3 aromatic carbocycles. The Bertz CT molecular complexity index is 1180. The number of methoxy groups -OCH3 is 2. The number of carbonyl (C=O) groups is 1. The van der Waals surface area contributed by atoms with Gasteiger partial charge in [-0.15, -0.1) is 0 Å². The summed E-state index contributed by atoms with van der Waals surface area (Å²) >= 11 is 0. The van der Waals surface area contributed by atoms with Crippen LogP contribution in [0.1, 0.15) is 15.9 Å². The Morgan fingerprint density at radius 3 is 2.39 bits per heavy atom. The van der Waals surface area contributed by atoms with Crippen molar-refractivity contribution >= 4 is 21.6 Å². The average molecular weight is 444 g/mol. The minimum absolute atomic E-state index is 0.0912. The smallest absolute Gasteiger partial charge is 0.261 e. The van der Waals surface area contributed by atoms with Gasteiger partial charge in [0, 0.05) is 29.4 Å². The monoisotopic (exact) mass is 444 g/mol. The Morgan fingerprint density at radius 2 is 1.71 bits per heavy atom. The second kappa shape index (κ2) is 9.48. The summed E-state index contributed by atoms with van der Waals surface area (Å²) in [5, 5.41) is 2.75. The molecule has 0 unspecified atom stereocenters. The molecule has 9 heteroatoms. The van der Waals surface area contributed by atoms with Crippen LogP contribution < -0.4 is 19.5 Å². The van der Waals surface area contributed by atoms with Crippen molar-refractivity contribution in [2.75, 3.05) is 18.9 Å². The summed E-state index contributed by atoms with van der Waals surface area (Å²) in [4.78, 5) is 12.5. The van der Waals surface area contributed by atoms with Gasteiger partial charge >= 0.3 is 0 Å². The summed E-state index contributed by atoms with van der Waals surface area (Å²) in [5.41, 5.74) is 1.12. The minimum atomic E-state index is -3.95. The van der Waals surface area contributed by atoms with E-state index in [0.29, 0.717) is 11.5 Å². The molecule has 3 rings (SSSR count). The first-order chi connectivity index (χ1) is 14.8. The Labute approximate surface area is 179 Å². The van der Waals surface area contributed by atoms with E-state index in [4.69, 9.17) is 9.47 Å². The van der Waals surface area contributed by atoms with Crippen LogP contribution in [-0.4, -0.2) is 28.5 Å². The van der Waals surface area contributed by atoms with E-state index in [0.717, 1.165) is 17.7 Å². The zero-order valence-electron chi connectivity index (χ0n) is 16.9. The van der Waals surface area contributed by atoms with E-state index in [9.17, 15) is 17.6 Å². The fourth-order valence-electron chi connectivity index (χ4n) is 2.81. The zero-order chi connectivity index (χ0) is 22.4. The van der Waals surface area contributed by atoms with E-state index in [1.165, 1.54) is 43.5 Å². The summed E-state index contributed by atoms with van der Waals surface area (Å²) in [6.45, 7) is 0.177. The van der Waals surface area contributed by atoms with E-state index in [1.807, 2.05) is 0 Å². The molecule has 0 atom stereocenters. The van der Waals surface area contributed by atoms with E-state index in [1.54, 1.807) is 25.3 Å². The molecule has 0 radical (unpaired) electrons. The lowest BCUT2D eigenvalue weighted by Gasteiger charge is -2.12. The number of halogens is 1. The number of hydrogen-bond acceptors (Lipinski definition) is 5. The van der Waals surface area contributed by atoms with E-state index >= 15 is 0 Å². The first-order valence-electron chi connectivity index (χ1n) is 9.20. The number of benzene rings is 3. The van der Waals surface area contributed by atoms with Crippen LogP contribution in [0.2, 0.25) is 0 Å². The average Bonchev–Trinajstić information content (AvgIpc) is 2.78. The molecule has 0 spiro atoms. The van der Waals surface area contributed by atoms with E-state index < -0.39 is 21.7 Å². The Morgan fingerprint density at radius 1 is 0.968 bits per heavy atom. The fourth-order valence-corrected chi connectivity index (χ4v) is 3.92. The third-order valence-electron chi connectivity index (χ3n) is 4.44. The van der Waals surface area contributed by atoms with Gasteiger partial charge in [-0.2, -0.15) is 0 Å². The van der Waals surface area contributed by atoms with Crippen molar-refractivity contribution in [2.45, 2.75) is 11.4 Å². The largest absolute Gasteiger partial charge is 0.497 e. The molecular weight excluding hydrogens is 423 g/mol. The molecule has 7 nitrogen and oxygen atoms in total. The zero-order valence-corrected chi connectivity index (χ0v) is 17.7. The van der Waals surface area contributed by atoms with Gasteiger partial charge in [0.1, 0.15) is 17.3 Å². The number of ether oxygens (including phenoxy) is 2. The molecule has 0 heterocycles. The number of rotatable bonds is 8. The normalized spacial score (nSPS) is 10.9. The molecule has 0 aliphatic carbocycles. The summed E-state index contributed by atoms with van der Waals surface area (Å²) < 4.78 is 51.1. The highest BCUT2D eigenvalue weighted by Crippen LogP contribution is 2.24. The van der Waals surface area contributed by atoms with Crippen molar-refractivity contribution in [2.24, 2.45) is 0 Å². The van der Waals surface area contributed by atoms with Gasteiger partial charge in [-0.3, -0.25) is 9.52 Å². The van der Waals surface area contributed by atoms with Crippen LogP contribution in [0.3, 0.4) is 0 Å². The van der Waals surface area contributed by atoms with Crippen LogP contribution in [0, 0.1) is 5.82 Å². The SMILES string of the molecule is COc1ccc(CNC(=O)c2cccc(S(=O)(=O)Nc3ccc(F)cc3)c2)c(OC)c1. The molecule has 162 valence electrons. The molecule has 0 saturated carbocycles. The van der Waals surface area contributed by atoms with Crippen LogP contribution in [0.15, 0.2) is 71.6 Å². The molecule has 0 fully saturated rings. The van der Waals surface area contributed by atoms with Gasteiger partial charge in [0.25, 0.3) is 15.9 Å². The minimum Gasteiger partial charge on any atom is -0.497 e. The summed E-state index contributed by atoms with van der Waals surface area (Å²) in [7, 11) is -0.894. The predicted octanol–water partition coefficient (Wildman–Crippen LogP) is 3.57. The maximum atomic E-state index is 13.0. The Hall–Kier alpha value is -3.59. The van der Waals surface area contributed by atoms with Gasteiger partial charge in [0.05, 0.1) is 19.1 Å². The lowest BCUT2D eigenvalue weighted by molar-refractivity contribution is 0.0950. The van der Waals surface area contributed by atoms with E-state index in [-0.39, 0.29) is 22.7 Å². The van der Waals surface area contributed by atoms with Gasteiger partial charge in [-0.1, -0.05) is 6.07 Å². The first kappa shape index (κ1) is 22.1. The molecule has 0 aromatic heterocycles. The molecule has 2 N–H and O–H groups in total. The van der Waals surface area contributed by atoms with Crippen molar-refractivity contribution in [3.63, 3.8) is 0 Å². The Balaban J connectivity index is 1.73. The first-order valence-corrected chi connectivity index (χ1v) is 10.7. The maximum Gasteiger partial charge on any atom is 0.261 e. The highest BCUT2D eigenvalue weighted by atomic mass is 32.2. The van der Waals surface area contributed by atoms with E-state index in [2.05, 4.69) is 10.0 Å². The number of nitrogens with one attached hydrogen (secondary N) is 2. The van der Waals surface area contributed by atoms with Crippen molar-refractivity contribution in [3.05, 3.63) is 83.7 Å². The Kier molecular flexibility index (Phi) is 6.76. The van der Waals surface area contributed by atoms with Gasteiger partial charge < -0.3 is 14.8 Å². The fraction of sp³-hybridized carbons (Fsp3) is 0.136. The van der Waals surface area contributed by atoms with Gasteiger partial charge in [-0.05, 0) is 54.6 Å². The van der Waals surface area contributed by atoms with Crippen molar-refractivity contribution < 1.29 is 27.1 Å². The molecule has 0 bridgehead atoms. The second-order valence-corrected chi connectivity index (χ2v) is 8.18. The van der Waals surface area contributed by atoms with Crippen LogP contribution in [0.5, 0.6) is 11.5 Å².